The van der Waals surface area contributed by atoms with Gasteiger partial charge in [0.15, 0.2) is 18.2 Å². The molecule has 0 saturated carbocycles. The molecule has 0 fully saturated rings. The standard InChI is InChI=1S/C17H17F2NO2/c18-14-9-7-13(8-10-14)4-3-11-20-17(21)12-22-16-6-2-1-5-15(16)19/h1-2,5-10H,3-4,11-12H2,(H,20,21). The lowest BCUT2D eigenvalue weighted by atomic mass is 10.1. The molecule has 0 radical (unpaired) electrons. The van der Waals surface area contributed by atoms with Gasteiger partial charge < -0.3 is 10.1 Å². The molecule has 2 aromatic rings. The highest BCUT2D eigenvalue weighted by atomic mass is 19.1. The molecule has 5 heteroatoms. The van der Waals surface area contributed by atoms with Gasteiger partial charge in [0.05, 0.1) is 0 Å². The fourth-order valence-corrected chi connectivity index (χ4v) is 1.93. The second-order valence-corrected chi connectivity index (χ2v) is 4.80. The van der Waals surface area contributed by atoms with Crippen LogP contribution in [0.3, 0.4) is 0 Å². The van der Waals surface area contributed by atoms with E-state index in [0.717, 1.165) is 18.4 Å². The zero-order valence-electron chi connectivity index (χ0n) is 12.0. The molecule has 0 atom stereocenters. The Morgan fingerprint density at radius 2 is 1.77 bits per heavy atom. The van der Waals surface area contributed by atoms with Crippen molar-refractivity contribution >= 4 is 5.91 Å². The smallest absolute Gasteiger partial charge is 0.257 e. The Kier molecular flexibility index (Phi) is 5.89. The van der Waals surface area contributed by atoms with E-state index in [9.17, 15) is 13.6 Å². The molecular weight excluding hydrogens is 288 g/mol. The first-order valence-corrected chi connectivity index (χ1v) is 7.03. The van der Waals surface area contributed by atoms with Crippen LogP contribution in [-0.4, -0.2) is 19.1 Å². The van der Waals surface area contributed by atoms with Crippen molar-refractivity contribution in [3.8, 4) is 5.75 Å². The Labute approximate surface area is 127 Å². The van der Waals surface area contributed by atoms with Gasteiger partial charge in [-0.1, -0.05) is 24.3 Å². The summed E-state index contributed by atoms with van der Waals surface area (Å²) in [7, 11) is 0. The van der Waals surface area contributed by atoms with E-state index in [0.29, 0.717) is 6.54 Å². The average Bonchev–Trinajstić information content (AvgIpc) is 2.52. The number of ether oxygens (including phenoxy) is 1. The number of carbonyl (C=O) groups excluding carboxylic acids is 1. The van der Waals surface area contributed by atoms with E-state index in [-0.39, 0.29) is 24.1 Å². The van der Waals surface area contributed by atoms with E-state index in [4.69, 9.17) is 4.74 Å². The van der Waals surface area contributed by atoms with Gasteiger partial charge in [-0.05, 0) is 42.7 Å². The predicted molar refractivity (Wildman–Crippen MR) is 79.6 cm³/mol. The lowest BCUT2D eigenvalue weighted by Crippen LogP contribution is -2.30. The first-order chi connectivity index (χ1) is 10.6. The molecule has 0 aliphatic rings. The molecule has 22 heavy (non-hydrogen) atoms. The van der Waals surface area contributed by atoms with Crippen molar-refractivity contribution < 1.29 is 18.3 Å². The first kappa shape index (κ1) is 15.9. The van der Waals surface area contributed by atoms with Crippen molar-refractivity contribution in [3.63, 3.8) is 0 Å². The van der Waals surface area contributed by atoms with Crippen LogP contribution < -0.4 is 10.1 Å². The van der Waals surface area contributed by atoms with Crippen LogP contribution >= 0.6 is 0 Å². The highest BCUT2D eigenvalue weighted by molar-refractivity contribution is 5.77. The molecule has 0 spiro atoms. The topological polar surface area (TPSA) is 38.3 Å². The van der Waals surface area contributed by atoms with E-state index in [2.05, 4.69) is 5.32 Å². The third kappa shape index (κ3) is 5.16. The summed E-state index contributed by atoms with van der Waals surface area (Å²) in [5.74, 6) is -1.000. The van der Waals surface area contributed by atoms with Crippen LogP contribution in [0.5, 0.6) is 5.75 Å². The summed E-state index contributed by atoms with van der Waals surface area (Å²) >= 11 is 0. The number of aryl methyl sites for hydroxylation is 1. The predicted octanol–water partition coefficient (Wildman–Crippen LogP) is 3.09. The Hall–Kier alpha value is -2.43. The maximum absolute atomic E-state index is 13.3. The Morgan fingerprint density at radius 1 is 1.05 bits per heavy atom. The number of carbonyl (C=O) groups is 1. The molecule has 1 N–H and O–H groups in total. The van der Waals surface area contributed by atoms with E-state index in [1.54, 1.807) is 24.3 Å². The molecule has 0 heterocycles. The van der Waals surface area contributed by atoms with Crippen LogP contribution in [-0.2, 0) is 11.2 Å². The fourth-order valence-electron chi connectivity index (χ4n) is 1.93. The maximum Gasteiger partial charge on any atom is 0.257 e. The van der Waals surface area contributed by atoms with Crippen LogP contribution in [0, 0.1) is 11.6 Å². The number of halogens is 2. The minimum Gasteiger partial charge on any atom is -0.481 e. The molecule has 0 aliphatic carbocycles. The second kappa shape index (κ2) is 8.12. The van der Waals surface area contributed by atoms with Crippen LogP contribution in [0.4, 0.5) is 8.78 Å². The van der Waals surface area contributed by atoms with Crippen LogP contribution in [0.1, 0.15) is 12.0 Å². The van der Waals surface area contributed by atoms with Crippen molar-refractivity contribution in [1.29, 1.82) is 0 Å². The molecule has 0 saturated heterocycles. The molecule has 2 aromatic carbocycles. The molecule has 0 aliphatic heterocycles. The third-order valence-corrected chi connectivity index (χ3v) is 3.07. The maximum atomic E-state index is 13.3. The molecule has 0 bridgehead atoms. The van der Waals surface area contributed by atoms with Gasteiger partial charge in [0.25, 0.3) is 5.91 Å². The van der Waals surface area contributed by atoms with Gasteiger partial charge in [0, 0.05) is 6.54 Å². The Morgan fingerprint density at radius 3 is 2.50 bits per heavy atom. The minimum absolute atomic E-state index is 0.0592. The molecule has 3 nitrogen and oxygen atoms in total. The number of nitrogens with one attached hydrogen (secondary N) is 1. The minimum atomic E-state index is -0.494. The van der Waals surface area contributed by atoms with E-state index in [1.165, 1.54) is 24.3 Å². The molecule has 2 rings (SSSR count). The second-order valence-electron chi connectivity index (χ2n) is 4.80. The monoisotopic (exact) mass is 305 g/mol. The fraction of sp³-hybridized carbons (Fsp3) is 0.235. The lowest BCUT2D eigenvalue weighted by molar-refractivity contribution is -0.123. The van der Waals surface area contributed by atoms with Crippen LogP contribution in [0.25, 0.3) is 0 Å². The molecule has 0 aromatic heterocycles. The summed E-state index contributed by atoms with van der Waals surface area (Å²) in [6.07, 6.45) is 1.48. The summed E-state index contributed by atoms with van der Waals surface area (Å²) in [5.41, 5.74) is 1.01. The molecule has 0 unspecified atom stereocenters. The van der Waals surface area contributed by atoms with Gasteiger partial charge in [-0.2, -0.15) is 0 Å². The highest BCUT2D eigenvalue weighted by Crippen LogP contribution is 2.14. The van der Waals surface area contributed by atoms with Crippen molar-refractivity contribution in [3.05, 3.63) is 65.7 Å². The number of hydrogen-bond acceptors (Lipinski definition) is 2. The first-order valence-electron chi connectivity index (χ1n) is 7.03. The number of hydrogen-bond donors (Lipinski definition) is 1. The van der Waals surface area contributed by atoms with E-state index >= 15 is 0 Å². The van der Waals surface area contributed by atoms with E-state index in [1.807, 2.05) is 0 Å². The lowest BCUT2D eigenvalue weighted by Gasteiger charge is -2.08. The van der Waals surface area contributed by atoms with Crippen molar-refractivity contribution in [2.45, 2.75) is 12.8 Å². The quantitative estimate of drug-likeness (QED) is 0.798. The average molecular weight is 305 g/mol. The number of amides is 1. The highest BCUT2D eigenvalue weighted by Gasteiger charge is 2.05. The Balaban J connectivity index is 1.64. The van der Waals surface area contributed by atoms with Gasteiger partial charge in [-0.25, -0.2) is 8.78 Å². The third-order valence-electron chi connectivity index (χ3n) is 3.07. The molecule has 116 valence electrons. The summed E-state index contributed by atoms with van der Waals surface area (Å²) in [4.78, 5) is 11.6. The summed E-state index contributed by atoms with van der Waals surface area (Å²) < 4.78 is 31.1. The normalized spacial score (nSPS) is 10.3. The zero-order chi connectivity index (χ0) is 15.8. The summed E-state index contributed by atoms with van der Waals surface area (Å²) in [6, 6.07) is 12.2. The SMILES string of the molecule is O=C(COc1ccccc1F)NCCCc1ccc(F)cc1. The van der Waals surface area contributed by atoms with Crippen molar-refractivity contribution in [2.75, 3.05) is 13.2 Å². The van der Waals surface area contributed by atoms with Gasteiger partial charge in [0.1, 0.15) is 5.82 Å². The number of para-hydroxylation sites is 1. The number of benzene rings is 2. The largest absolute Gasteiger partial charge is 0.481 e. The Bertz CT molecular complexity index is 614. The molecular formula is C17H17F2NO2. The van der Waals surface area contributed by atoms with Gasteiger partial charge >= 0.3 is 0 Å². The van der Waals surface area contributed by atoms with Gasteiger partial charge in [-0.3, -0.25) is 4.79 Å². The van der Waals surface area contributed by atoms with Crippen molar-refractivity contribution in [1.82, 2.24) is 5.32 Å². The molecule has 1 amide bonds. The van der Waals surface area contributed by atoms with Crippen molar-refractivity contribution in [2.24, 2.45) is 0 Å². The summed E-state index contributed by atoms with van der Waals surface area (Å²) in [6.45, 7) is 0.258. The number of rotatable bonds is 7. The van der Waals surface area contributed by atoms with Crippen LogP contribution in [0.15, 0.2) is 48.5 Å². The summed E-state index contributed by atoms with van der Waals surface area (Å²) in [5, 5.41) is 2.69. The zero-order valence-corrected chi connectivity index (χ0v) is 12.0. The van der Waals surface area contributed by atoms with Gasteiger partial charge in [-0.15, -0.1) is 0 Å². The van der Waals surface area contributed by atoms with Crippen LogP contribution in [0.2, 0.25) is 0 Å². The van der Waals surface area contributed by atoms with Gasteiger partial charge in [0.2, 0.25) is 0 Å². The van der Waals surface area contributed by atoms with E-state index < -0.39 is 5.82 Å².